The molecule has 3 N–H and O–H groups in total. The molecule has 0 aliphatic carbocycles. The van der Waals surface area contributed by atoms with Crippen molar-refractivity contribution in [1.82, 2.24) is 0 Å². The Hall–Kier alpha value is -1.13. The van der Waals surface area contributed by atoms with Gasteiger partial charge >= 0.3 is 0 Å². The van der Waals surface area contributed by atoms with Gasteiger partial charge in [0.15, 0.2) is 0 Å². The van der Waals surface area contributed by atoms with Gasteiger partial charge in [0.1, 0.15) is 5.82 Å². The molecular weight excluding hydrogens is 231 g/mol. The van der Waals surface area contributed by atoms with Crippen molar-refractivity contribution < 1.29 is 9.50 Å². The quantitative estimate of drug-likeness (QED) is 0.735. The Labute approximate surface area is 108 Å². The van der Waals surface area contributed by atoms with Gasteiger partial charge in [0, 0.05) is 26.2 Å². The minimum atomic E-state index is -0.227. The third-order valence-corrected chi connectivity index (χ3v) is 3.06. The lowest BCUT2D eigenvalue weighted by Gasteiger charge is -2.20. The fourth-order valence-electron chi connectivity index (χ4n) is 1.87. The van der Waals surface area contributed by atoms with Crippen LogP contribution in [0.25, 0.3) is 0 Å². The molecule has 18 heavy (non-hydrogen) atoms. The van der Waals surface area contributed by atoms with E-state index in [1.54, 1.807) is 6.07 Å². The number of hydrogen-bond donors (Lipinski definition) is 2. The Bertz CT molecular complexity index is 369. The van der Waals surface area contributed by atoms with Gasteiger partial charge in [-0.1, -0.05) is 6.07 Å². The Kier molecular flexibility index (Phi) is 6.09. The molecule has 0 amide bonds. The molecule has 0 aliphatic heterocycles. The average Bonchev–Trinajstić information content (AvgIpc) is 2.34. The molecule has 0 spiro atoms. The first kappa shape index (κ1) is 14.9. The number of anilines is 1. The molecule has 0 saturated heterocycles. The van der Waals surface area contributed by atoms with Gasteiger partial charge in [0.2, 0.25) is 0 Å². The molecule has 102 valence electrons. The molecular formula is C14H23FN2O. The standard InChI is InChI=1S/C14H23FN2O/c1-11(16)12-6-7-14(13(15)10-12)17(2)8-4-3-5-9-18/h6-7,10-11,18H,3-5,8-9,16H2,1-2H3/t11-/m0/s1. The number of aliphatic hydroxyl groups excluding tert-OH is 1. The van der Waals surface area contributed by atoms with E-state index < -0.39 is 0 Å². The third-order valence-electron chi connectivity index (χ3n) is 3.06. The highest BCUT2D eigenvalue weighted by atomic mass is 19.1. The third kappa shape index (κ3) is 4.27. The summed E-state index contributed by atoms with van der Waals surface area (Å²) in [4.78, 5) is 1.90. The predicted octanol–water partition coefficient (Wildman–Crippen LogP) is 2.44. The summed E-state index contributed by atoms with van der Waals surface area (Å²) in [6.07, 6.45) is 2.71. The first-order chi connectivity index (χ1) is 8.56. The second-order valence-electron chi connectivity index (χ2n) is 4.71. The van der Waals surface area contributed by atoms with Gasteiger partial charge < -0.3 is 15.7 Å². The van der Waals surface area contributed by atoms with E-state index in [1.807, 2.05) is 24.9 Å². The Balaban J connectivity index is 2.60. The molecule has 0 radical (unpaired) electrons. The van der Waals surface area contributed by atoms with Crippen LogP contribution in [0.3, 0.4) is 0 Å². The molecule has 0 aliphatic rings. The maximum Gasteiger partial charge on any atom is 0.146 e. The van der Waals surface area contributed by atoms with E-state index in [0.29, 0.717) is 5.69 Å². The van der Waals surface area contributed by atoms with Gasteiger partial charge in [-0.25, -0.2) is 4.39 Å². The van der Waals surface area contributed by atoms with Gasteiger partial charge in [0.05, 0.1) is 5.69 Å². The number of nitrogens with zero attached hydrogens (tertiary/aromatic N) is 1. The summed E-state index contributed by atoms with van der Waals surface area (Å²) < 4.78 is 13.9. The van der Waals surface area contributed by atoms with Crippen molar-refractivity contribution in [3.8, 4) is 0 Å². The van der Waals surface area contributed by atoms with Crippen LogP contribution in [-0.4, -0.2) is 25.3 Å². The molecule has 0 heterocycles. The monoisotopic (exact) mass is 254 g/mol. The SMILES string of the molecule is C[C@H](N)c1ccc(N(C)CCCCCO)c(F)c1. The Morgan fingerprint density at radius 1 is 1.33 bits per heavy atom. The van der Waals surface area contributed by atoms with E-state index in [0.717, 1.165) is 31.4 Å². The van der Waals surface area contributed by atoms with E-state index in [9.17, 15) is 4.39 Å². The van der Waals surface area contributed by atoms with Crippen molar-refractivity contribution in [3.05, 3.63) is 29.6 Å². The first-order valence-corrected chi connectivity index (χ1v) is 6.43. The number of benzene rings is 1. The maximum atomic E-state index is 13.9. The van der Waals surface area contributed by atoms with Crippen molar-refractivity contribution in [3.63, 3.8) is 0 Å². The minimum Gasteiger partial charge on any atom is -0.396 e. The zero-order valence-corrected chi connectivity index (χ0v) is 11.2. The lowest BCUT2D eigenvalue weighted by Crippen LogP contribution is -2.20. The van der Waals surface area contributed by atoms with Crippen LogP contribution in [0.2, 0.25) is 0 Å². The van der Waals surface area contributed by atoms with Crippen molar-refractivity contribution in [2.45, 2.75) is 32.2 Å². The van der Waals surface area contributed by atoms with E-state index in [1.165, 1.54) is 6.07 Å². The van der Waals surface area contributed by atoms with Gasteiger partial charge in [-0.05, 0) is 43.9 Å². The molecule has 4 heteroatoms. The van der Waals surface area contributed by atoms with Crippen LogP contribution in [0.4, 0.5) is 10.1 Å². The van der Waals surface area contributed by atoms with Gasteiger partial charge in [-0.3, -0.25) is 0 Å². The van der Waals surface area contributed by atoms with E-state index >= 15 is 0 Å². The topological polar surface area (TPSA) is 49.5 Å². The second kappa shape index (κ2) is 7.34. The molecule has 1 aromatic rings. The number of halogens is 1. The highest BCUT2D eigenvalue weighted by Crippen LogP contribution is 2.22. The van der Waals surface area contributed by atoms with Crippen LogP contribution < -0.4 is 10.6 Å². The number of nitrogens with two attached hydrogens (primary N) is 1. The fourth-order valence-corrected chi connectivity index (χ4v) is 1.87. The fraction of sp³-hybridized carbons (Fsp3) is 0.571. The highest BCUT2D eigenvalue weighted by molar-refractivity contribution is 5.48. The van der Waals surface area contributed by atoms with Gasteiger partial charge in [0.25, 0.3) is 0 Å². The summed E-state index contributed by atoms with van der Waals surface area (Å²) in [7, 11) is 1.88. The molecule has 0 unspecified atom stereocenters. The highest BCUT2D eigenvalue weighted by Gasteiger charge is 2.09. The maximum absolute atomic E-state index is 13.9. The summed E-state index contributed by atoms with van der Waals surface area (Å²) in [5.41, 5.74) is 7.13. The summed E-state index contributed by atoms with van der Waals surface area (Å²) in [6, 6.07) is 5.00. The van der Waals surface area contributed by atoms with Crippen LogP contribution in [0, 0.1) is 5.82 Å². The Morgan fingerprint density at radius 3 is 2.61 bits per heavy atom. The molecule has 1 atom stereocenters. The number of aliphatic hydroxyl groups is 1. The normalized spacial score (nSPS) is 12.5. The second-order valence-corrected chi connectivity index (χ2v) is 4.71. The summed E-state index contributed by atoms with van der Waals surface area (Å²) in [5.74, 6) is -0.227. The average molecular weight is 254 g/mol. The van der Waals surface area contributed by atoms with E-state index in [-0.39, 0.29) is 18.5 Å². The van der Waals surface area contributed by atoms with Crippen LogP contribution >= 0.6 is 0 Å². The summed E-state index contributed by atoms with van der Waals surface area (Å²) in [5, 5.41) is 8.69. The molecule has 0 fully saturated rings. The first-order valence-electron chi connectivity index (χ1n) is 6.43. The summed E-state index contributed by atoms with van der Waals surface area (Å²) >= 11 is 0. The molecule has 1 rings (SSSR count). The number of unbranched alkanes of at least 4 members (excludes halogenated alkanes) is 2. The molecule has 1 aromatic carbocycles. The van der Waals surface area contributed by atoms with Crippen LogP contribution in [0.1, 0.15) is 37.8 Å². The van der Waals surface area contributed by atoms with E-state index in [2.05, 4.69) is 0 Å². The van der Waals surface area contributed by atoms with Crippen LogP contribution in [0.5, 0.6) is 0 Å². The van der Waals surface area contributed by atoms with Gasteiger partial charge in [-0.15, -0.1) is 0 Å². The Morgan fingerprint density at radius 2 is 2.06 bits per heavy atom. The van der Waals surface area contributed by atoms with Crippen molar-refractivity contribution >= 4 is 5.69 Å². The van der Waals surface area contributed by atoms with Crippen molar-refractivity contribution in [2.24, 2.45) is 5.73 Å². The van der Waals surface area contributed by atoms with E-state index in [4.69, 9.17) is 10.8 Å². The van der Waals surface area contributed by atoms with Crippen LogP contribution in [-0.2, 0) is 0 Å². The van der Waals surface area contributed by atoms with Crippen molar-refractivity contribution in [1.29, 1.82) is 0 Å². The van der Waals surface area contributed by atoms with Crippen molar-refractivity contribution in [2.75, 3.05) is 25.1 Å². The van der Waals surface area contributed by atoms with Gasteiger partial charge in [-0.2, -0.15) is 0 Å². The smallest absolute Gasteiger partial charge is 0.146 e. The summed E-state index contributed by atoms with van der Waals surface area (Å²) in [6.45, 7) is 2.85. The molecule has 0 saturated carbocycles. The predicted molar refractivity (Wildman–Crippen MR) is 73.2 cm³/mol. The minimum absolute atomic E-state index is 0.150. The lowest BCUT2D eigenvalue weighted by atomic mass is 10.1. The zero-order valence-electron chi connectivity index (χ0n) is 11.2. The van der Waals surface area contributed by atoms with Crippen LogP contribution in [0.15, 0.2) is 18.2 Å². The zero-order chi connectivity index (χ0) is 13.5. The number of rotatable bonds is 7. The largest absolute Gasteiger partial charge is 0.396 e. The molecule has 3 nitrogen and oxygen atoms in total. The number of hydrogen-bond acceptors (Lipinski definition) is 3. The molecule has 0 bridgehead atoms. The lowest BCUT2D eigenvalue weighted by molar-refractivity contribution is 0.283. The molecule has 0 aromatic heterocycles.